The highest BCUT2D eigenvalue weighted by atomic mass is 16.8. The molecule has 1 N–H and O–H groups in total. The van der Waals surface area contributed by atoms with Crippen LogP contribution in [0, 0.1) is 22.5 Å². The largest absolute Gasteiger partial charge is 0.467 e. The Morgan fingerprint density at radius 3 is 2.08 bits per heavy atom. The van der Waals surface area contributed by atoms with Gasteiger partial charge in [0.05, 0.1) is 18.1 Å². The Kier molecular flexibility index (Phi) is 12.0. The zero-order valence-electron chi connectivity index (χ0n) is 20.7. The maximum absolute atomic E-state index is 12.4. The molecule has 1 rings (SSSR count). The summed E-state index contributed by atoms with van der Waals surface area (Å²) in [4.78, 5) is 58.0. The van der Waals surface area contributed by atoms with Crippen LogP contribution in [0.25, 0.3) is 0 Å². The van der Waals surface area contributed by atoms with Crippen molar-refractivity contribution in [2.75, 3.05) is 7.11 Å². The lowest BCUT2D eigenvalue weighted by atomic mass is 10.1. The molecule has 1 aromatic rings. The van der Waals surface area contributed by atoms with Crippen LogP contribution in [-0.4, -0.2) is 65.8 Å². The molecule has 0 amide bonds. The fourth-order valence-corrected chi connectivity index (χ4v) is 2.89. The van der Waals surface area contributed by atoms with Crippen LogP contribution in [0.2, 0.25) is 0 Å². The second-order valence-electron chi connectivity index (χ2n) is 7.38. The summed E-state index contributed by atoms with van der Waals surface area (Å²) >= 11 is 0. The van der Waals surface area contributed by atoms with E-state index in [0.29, 0.717) is 0 Å². The number of aliphatic hydroxyl groups is 1. The van der Waals surface area contributed by atoms with Gasteiger partial charge in [-0.2, -0.15) is 0 Å². The number of rotatable bonds is 13. The summed E-state index contributed by atoms with van der Waals surface area (Å²) in [6.07, 6.45) is -3.16. The van der Waals surface area contributed by atoms with Gasteiger partial charge < -0.3 is 33.5 Å². The highest BCUT2D eigenvalue weighted by Crippen LogP contribution is 2.33. The van der Waals surface area contributed by atoms with Crippen LogP contribution in [-0.2, 0) is 42.9 Å². The predicted octanol–water partition coefficient (Wildman–Crippen LogP) is 1.32. The SMILES string of the molecule is C#CCC(O)c1ccc(OC(OC(C(=O)OC)[C@H](C)OC(C)=O)C(OC(C)=O)OC(C)=O)c([N+](=O)[O-])c1. The summed E-state index contributed by atoms with van der Waals surface area (Å²) in [7, 11) is 1.01. The maximum Gasteiger partial charge on any atom is 0.339 e. The van der Waals surface area contributed by atoms with Gasteiger partial charge >= 0.3 is 35.9 Å². The molecule has 37 heavy (non-hydrogen) atoms. The Morgan fingerprint density at radius 1 is 1.05 bits per heavy atom. The lowest BCUT2D eigenvalue weighted by Gasteiger charge is -2.30. The van der Waals surface area contributed by atoms with E-state index in [0.717, 1.165) is 40.0 Å². The molecule has 14 heteroatoms. The average molecular weight is 525 g/mol. The van der Waals surface area contributed by atoms with Crippen LogP contribution in [0.4, 0.5) is 5.69 Å². The monoisotopic (exact) mass is 525 g/mol. The molecule has 0 saturated carbocycles. The molecule has 0 aliphatic rings. The number of methoxy groups -OCH3 is 1. The fourth-order valence-electron chi connectivity index (χ4n) is 2.89. The van der Waals surface area contributed by atoms with E-state index in [1.807, 2.05) is 0 Å². The van der Waals surface area contributed by atoms with Gasteiger partial charge in [0, 0.05) is 33.3 Å². The van der Waals surface area contributed by atoms with Crippen LogP contribution in [0.5, 0.6) is 5.75 Å². The van der Waals surface area contributed by atoms with E-state index in [9.17, 15) is 34.4 Å². The second kappa shape index (κ2) is 14.4. The van der Waals surface area contributed by atoms with Crippen molar-refractivity contribution in [3.05, 3.63) is 33.9 Å². The van der Waals surface area contributed by atoms with Gasteiger partial charge in [-0.15, -0.1) is 12.3 Å². The highest BCUT2D eigenvalue weighted by molar-refractivity contribution is 5.76. The van der Waals surface area contributed by atoms with E-state index < -0.39 is 71.1 Å². The number of carbonyl (C=O) groups excluding carboxylic acids is 4. The number of hydrogen-bond acceptors (Lipinski definition) is 13. The van der Waals surface area contributed by atoms with Crippen molar-refractivity contribution >= 4 is 29.6 Å². The van der Waals surface area contributed by atoms with Crippen LogP contribution in [0.3, 0.4) is 0 Å². The number of nitro benzene ring substituents is 1. The van der Waals surface area contributed by atoms with Gasteiger partial charge in [-0.05, 0) is 18.6 Å². The van der Waals surface area contributed by atoms with E-state index in [-0.39, 0.29) is 12.0 Å². The second-order valence-corrected chi connectivity index (χ2v) is 7.38. The minimum atomic E-state index is -2.00. The third-order valence-electron chi connectivity index (χ3n) is 4.40. The number of benzene rings is 1. The van der Waals surface area contributed by atoms with Gasteiger partial charge in [0.2, 0.25) is 5.75 Å². The Bertz CT molecular complexity index is 1030. The van der Waals surface area contributed by atoms with Crippen molar-refractivity contribution in [3.8, 4) is 18.1 Å². The first-order valence-corrected chi connectivity index (χ1v) is 10.6. The minimum Gasteiger partial charge on any atom is -0.467 e. The van der Waals surface area contributed by atoms with Crippen molar-refractivity contribution in [2.24, 2.45) is 0 Å². The summed E-state index contributed by atoms with van der Waals surface area (Å²) in [5, 5.41) is 21.8. The van der Waals surface area contributed by atoms with Crippen LogP contribution >= 0.6 is 0 Å². The predicted molar refractivity (Wildman–Crippen MR) is 121 cm³/mol. The number of carbonyl (C=O) groups is 4. The number of terminal acetylenes is 1. The molecule has 14 nitrogen and oxygen atoms in total. The fraction of sp³-hybridized carbons (Fsp3) is 0.478. The van der Waals surface area contributed by atoms with E-state index in [2.05, 4.69) is 10.7 Å². The number of nitrogens with zero attached hydrogens (tertiary/aromatic N) is 1. The molecule has 0 bridgehead atoms. The summed E-state index contributed by atoms with van der Waals surface area (Å²) in [6, 6.07) is 3.35. The Labute approximate surface area is 211 Å². The van der Waals surface area contributed by atoms with Crippen molar-refractivity contribution in [1.29, 1.82) is 0 Å². The normalized spacial score (nSPS) is 13.8. The Morgan fingerprint density at radius 2 is 1.62 bits per heavy atom. The average Bonchev–Trinajstić information content (AvgIpc) is 2.79. The first kappa shape index (κ1) is 30.8. The number of esters is 4. The zero-order chi connectivity index (χ0) is 28.3. The van der Waals surface area contributed by atoms with Gasteiger partial charge in [-0.25, -0.2) is 4.79 Å². The number of ether oxygens (including phenoxy) is 6. The molecule has 0 spiro atoms. The third kappa shape index (κ3) is 9.74. The van der Waals surface area contributed by atoms with Crippen molar-refractivity contribution in [3.63, 3.8) is 0 Å². The summed E-state index contributed by atoms with van der Waals surface area (Å²) in [5.74, 6) is -2.03. The molecule has 3 unspecified atom stereocenters. The van der Waals surface area contributed by atoms with E-state index in [4.69, 9.17) is 30.1 Å². The quantitative estimate of drug-likeness (QED) is 0.0971. The molecule has 0 aromatic heterocycles. The van der Waals surface area contributed by atoms with Gasteiger partial charge in [-0.3, -0.25) is 24.5 Å². The number of nitro groups is 1. The molecule has 0 aliphatic carbocycles. The zero-order valence-corrected chi connectivity index (χ0v) is 20.7. The van der Waals surface area contributed by atoms with E-state index in [1.165, 1.54) is 13.0 Å². The van der Waals surface area contributed by atoms with Crippen molar-refractivity contribution < 1.29 is 57.6 Å². The summed E-state index contributed by atoms with van der Waals surface area (Å²) in [6.45, 7) is 4.28. The van der Waals surface area contributed by atoms with Crippen LogP contribution < -0.4 is 4.74 Å². The molecule has 4 atom stereocenters. The number of hydrogen-bond donors (Lipinski definition) is 1. The van der Waals surface area contributed by atoms with Gasteiger partial charge in [0.25, 0.3) is 6.29 Å². The lowest BCUT2D eigenvalue weighted by molar-refractivity contribution is -0.387. The van der Waals surface area contributed by atoms with Crippen molar-refractivity contribution in [2.45, 2.75) is 65.0 Å². The smallest absolute Gasteiger partial charge is 0.339 e. The Balaban J connectivity index is 3.58. The molecular formula is C23H27NO13. The van der Waals surface area contributed by atoms with E-state index >= 15 is 0 Å². The summed E-state index contributed by atoms with van der Waals surface area (Å²) in [5.41, 5.74) is -0.573. The molecule has 1 aromatic carbocycles. The van der Waals surface area contributed by atoms with Crippen molar-refractivity contribution in [1.82, 2.24) is 0 Å². The molecule has 0 heterocycles. The molecule has 0 radical (unpaired) electrons. The molecular weight excluding hydrogens is 498 g/mol. The van der Waals surface area contributed by atoms with Crippen LogP contribution in [0.15, 0.2) is 18.2 Å². The Hall–Kier alpha value is -4.22. The highest BCUT2D eigenvalue weighted by Gasteiger charge is 2.40. The maximum atomic E-state index is 12.4. The minimum absolute atomic E-state index is 0.0990. The molecule has 0 fully saturated rings. The third-order valence-corrected chi connectivity index (χ3v) is 4.40. The topological polar surface area (TPSA) is 187 Å². The van der Waals surface area contributed by atoms with Crippen LogP contribution in [0.1, 0.15) is 45.8 Å². The van der Waals surface area contributed by atoms with Gasteiger partial charge in [0.15, 0.2) is 6.10 Å². The van der Waals surface area contributed by atoms with Gasteiger partial charge in [-0.1, -0.05) is 6.07 Å². The molecule has 0 aliphatic heterocycles. The van der Waals surface area contributed by atoms with E-state index in [1.54, 1.807) is 0 Å². The van der Waals surface area contributed by atoms with Gasteiger partial charge in [0.1, 0.15) is 6.10 Å². The molecule has 0 saturated heterocycles. The summed E-state index contributed by atoms with van der Waals surface area (Å²) < 4.78 is 30.6. The first-order valence-electron chi connectivity index (χ1n) is 10.6. The lowest BCUT2D eigenvalue weighted by Crippen LogP contribution is -2.48. The standard InChI is InChI=1S/C23H27NO13/c1-7-8-18(28)16-9-10-19(17(11-16)24(30)31)36-23(22(34-14(4)26)35-15(5)27)37-20(21(29)32-6)12(2)33-13(3)25/h1,9-12,18,20,22-23,28H,8H2,2-6H3/t12-,18?,20?,23?/m0/s1. The molecule has 202 valence electrons. The first-order chi connectivity index (χ1) is 17.3. The number of aliphatic hydroxyl groups excluding tert-OH is 1.